The second-order valence-corrected chi connectivity index (χ2v) is 7.89. The number of anilines is 1. The smallest absolute Gasteiger partial charge is 0.191 e. The molecule has 1 unspecified atom stereocenters. The number of hydrogen-bond acceptors (Lipinski definition) is 4. The van der Waals surface area contributed by atoms with Crippen molar-refractivity contribution in [3.63, 3.8) is 0 Å². The molecule has 3 rings (SSSR count). The first-order chi connectivity index (χ1) is 15.4. The summed E-state index contributed by atoms with van der Waals surface area (Å²) in [5, 5.41) is 6.43. The van der Waals surface area contributed by atoms with Crippen molar-refractivity contribution in [1.29, 1.82) is 0 Å². The van der Waals surface area contributed by atoms with Gasteiger partial charge in [-0.15, -0.1) is 0 Å². The second kappa shape index (κ2) is 11.1. The lowest BCUT2D eigenvalue weighted by molar-refractivity contribution is 0.270. The van der Waals surface area contributed by atoms with Crippen LogP contribution in [0, 0.1) is 11.6 Å². The van der Waals surface area contributed by atoms with Crippen LogP contribution in [0.15, 0.2) is 41.4 Å². The van der Waals surface area contributed by atoms with Gasteiger partial charge < -0.3 is 25.2 Å². The van der Waals surface area contributed by atoms with Crippen molar-refractivity contribution in [2.75, 3.05) is 51.8 Å². The topological polar surface area (TPSA) is 52.1 Å². The van der Waals surface area contributed by atoms with E-state index in [4.69, 9.17) is 4.74 Å². The van der Waals surface area contributed by atoms with Crippen molar-refractivity contribution in [2.45, 2.75) is 26.4 Å². The minimum absolute atomic E-state index is 0.178. The van der Waals surface area contributed by atoms with E-state index in [9.17, 15) is 8.78 Å². The SMILES string of the molecule is CCN1CCN(c2ccc(CNC(=NC)NC(C)c3ccc(OC)c(F)c3)cc2F)CC1. The van der Waals surface area contributed by atoms with Crippen LogP contribution in [0.3, 0.4) is 0 Å². The fourth-order valence-corrected chi connectivity index (χ4v) is 3.84. The minimum Gasteiger partial charge on any atom is -0.494 e. The van der Waals surface area contributed by atoms with Gasteiger partial charge in [-0.2, -0.15) is 0 Å². The van der Waals surface area contributed by atoms with Gasteiger partial charge in [0.2, 0.25) is 0 Å². The number of likely N-dealkylation sites (N-methyl/N-ethyl adjacent to an activating group) is 1. The van der Waals surface area contributed by atoms with Crippen molar-refractivity contribution >= 4 is 11.6 Å². The predicted octanol–water partition coefficient (Wildman–Crippen LogP) is 3.54. The lowest BCUT2D eigenvalue weighted by Gasteiger charge is -2.35. The molecule has 0 aromatic heterocycles. The predicted molar refractivity (Wildman–Crippen MR) is 125 cm³/mol. The van der Waals surface area contributed by atoms with Crippen molar-refractivity contribution in [1.82, 2.24) is 15.5 Å². The molecule has 0 spiro atoms. The molecule has 2 aromatic carbocycles. The zero-order chi connectivity index (χ0) is 23.1. The van der Waals surface area contributed by atoms with Gasteiger partial charge in [-0.1, -0.05) is 19.1 Å². The summed E-state index contributed by atoms with van der Waals surface area (Å²) in [6.07, 6.45) is 0. The first-order valence-electron chi connectivity index (χ1n) is 11.0. The van der Waals surface area contributed by atoms with Gasteiger partial charge in [0, 0.05) is 39.8 Å². The number of ether oxygens (including phenoxy) is 1. The molecule has 174 valence electrons. The van der Waals surface area contributed by atoms with Crippen LogP contribution in [-0.2, 0) is 6.54 Å². The van der Waals surface area contributed by atoms with E-state index in [0.29, 0.717) is 18.2 Å². The third-order valence-electron chi connectivity index (χ3n) is 5.88. The van der Waals surface area contributed by atoms with E-state index in [1.54, 1.807) is 25.2 Å². The average Bonchev–Trinajstić information content (AvgIpc) is 2.81. The van der Waals surface area contributed by atoms with E-state index in [0.717, 1.165) is 43.9 Å². The van der Waals surface area contributed by atoms with Crippen molar-refractivity contribution in [2.24, 2.45) is 4.99 Å². The first kappa shape index (κ1) is 23.8. The molecule has 2 N–H and O–H groups in total. The Labute approximate surface area is 189 Å². The van der Waals surface area contributed by atoms with Gasteiger partial charge in [0.15, 0.2) is 17.5 Å². The number of aliphatic imine (C=N–C) groups is 1. The Kier molecular flexibility index (Phi) is 8.27. The summed E-state index contributed by atoms with van der Waals surface area (Å²) in [5.74, 6) is 0.141. The van der Waals surface area contributed by atoms with Crippen LogP contribution in [0.4, 0.5) is 14.5 Å². The Morgan fingerprint density at radius 1 is 1.09 bits per heavy atom. The maximum Gasteiger partial charge on any atom is 0.191 e. The van der Waals surface area contributed by atoms with Crippen LogP contribution in [0.25, 0.3) is 0 Å². The van der Waals surface area contributed by atoms with Crippen molar-refractivity contribution in [3.05, 3.63) is 59.2 Å². The largest absolute Gasteiger partial charge is 0.494 e. The molecule has 1 fully saturated rings. The molecule has 1 atom stereocenters. The fraction of sp³-hybridized carbons (Fsp3) is 0.458. The molecule has 1 heterocycles. The quantitative estimate of drug-likeness (QED) is 0.504. The summed E-state index contributed by atoms with van der Waals surface area (Å²) in [5.41, 5.74) is 2.25. The standard InChI is InChI=1S/C24H33F2N5O/c1-5-30-10-12-31(13-11-30)22-8-6-18(14-20(22)25)16-28-24(27-3)29-17(2)19-7-9-23(32-4)21(26)15-19/h6-9,14-15,17H,5,10-13,16H2,1-4H3,(H2,27,28,29). The maximum atomic E-state index is 14.8. The molecule has 1 aliphatic heterocycles. The van der Waals surface area contributed by atoms with Crippen LogP contribution >= 0.6 is 0 Å². The second-order valence-electron chi connectivity index (χ2n) is 7.89. The van der Waals surface area contributed by atoms with Gasteiger partial charge >= 0.3 is 0 Å². The van der Waals surface area contributed by atoms with Crippen LogP contribution in [0.1, 0.15) is 31.0 Å². The molecule has 0 amide bonds. The molecule has 8 heteroatoms. The fourth-order valence-electron chi connectivity index (χ4n) is 3.84. The molecule has 0 radical (unpaired) electrons. The Morgan fingerprint density at radius 2 is 1.84 bits per heavy atom. The number of rotatable bonds is 7. The van der Waals surface area contributed by atoms with Gasteiger partial charge in [-0.05, 0) is 48.9 Å². The van der Waals surface area contributed by atoms with E-state index < -0.39 is 5.82 Å². The molecular weight excluding hydrogens is 412 g/mol. The molecular formula is C24H33F2N5O. The number of halogens is 2. The summed E-state index contributed by atoms with van der Waals surface area (Å²) in [4.78, 5) is 8.70. The van der Waals surface area contributed by atoms with Gasteiger partial charge in [0.25, 0.3) is 0 Å². The van der Waals surface area contributed by atoms with Crippen LogP contribution in [0.2, 0.25) is 0 Å². The van der Waals surface area contributed by atoms with Crippen molar-refractivity contribution < 1.29 is 13.5 Å². The highest BCUT2D eigenvalue weighted by Gasteiger charge is 2.19. The third kappa shape index (κ3) is 5.88. The highest BCUT2D eigenvalue weighted by Crippen LogP contribution is 2.23. The Balaban J connectivity index is 1.56. The van der Waals surface area contributed by atoms with Gasteiger partial charge in [0.05, 0.1) is 18.8 Å². The Morgan fingerprint density at radius 3 is 2.44 bits per heavy atom. The number of nitrogens with one attached hydrogen (secondary N) is 2. The van der Waals surface area contributed by atoms with E-state index in [2.05, 4.69) is 32.3 Å². The number of benzene rings is 2. The number of hydrogen-bond donors (Lipinski definition) is 2. The normalized spacial score (nSPS) is 16.1. The van der Waals surface area contributed by atoms with E-state index in [-0.39, 0.29) is 17.6 Å². The number of guanidine groups is 1. The monoisotopic (exact) mass is 445 g/mol. The highest BCUT2D eigenvalue weighted by molar-refractivity contribution is 5.80. The van der Waals surface area contributed by atoms with Crippen LogP contribution in [0.5, 0.6) is 5.75 Å². The number of nitrogens with zero attached hydrogens (tertiary/aromatic N) is 3. The van der Waals surface area contributed by atoms with Crippen molar-refractivity contribution in [3.8, 4) is 5.75 Å². The third-order valence-corrected chi connectivity index (χ3v) is 5.88. The molecule has 6 nitrogen and oxygen atoms in total. The number of methoxy groups -OCH3 is 1. The average molecular weight is 446 g/mol. The summed E-state index contributed by atoms with van der Waals surface area (Å²) < 4.78 is 33.7. The van der Waals surface area contributed by atoms with E-state index in [1.807, 2.05) is 19.1 Å². The minimum atomic E-state index is -0.409. The molecule has 1 saturated heterocycles. The molecule has 0 saturated carbocycles. The van der Waals surface area contributed by atoms with Crippen LogP contribution in [-0.4, -0.2) is 57.7 Å². The molecule has 0 aliphatic carbocycles. The lowest BCUT2D eigenvalue weighted by atomic mass is 10.1. The summed E-state index contributed by atoms with van der Waals surface area (Å²) in [6.45, 7) is 9.10. The zero-order valence-corrected chi connectivity index (χ0v) is 19.3. The van der Waals surface area contributed by atoms with Gasteiger partial charge in [-0.3, -0.25) is 4.99 Å². The van der Waals surface area contributed by atoms with Gasteiger partial charge in [-0.25, -0.2) is 8.78 Å². The van der Waals surface area contributed by atoms with E-state index in [1.165, 1.54) is 13.2 Å². The zero-order valence-electron chi connectivity index (χ0n) is 19.3. The molecule has 0 bridgehead atoms. The Hall–Kier alpha value is -2.87. The highest BCUT2D eigenvalue weighted by atomic mass is 19.1. The maximum absolute atomic E-state index is 14.8. The van der Waals surface area contributed by atoms with Gasteiger partial charge in [0.1, 0.15) is 5.82 Å². The van der Waals surface area contributed by atoms with Crippen LogP contribution < -0.4 is 20.3 Å². The van der Waals surface area contributed by atoms with E-state index >= 15 is 0 Å². The first-order valence-corrected chi connectivity index (χ1v) is 11.0. The lowest BCUT2D eigenvalue weighted by Crippen LogP contribution is -2.46. The Bertz CT molecular complexity index is 929. The summed E-state index contributed by atoms with van der Waals surface area (Å²) in [7, 11) is 3.10. The molecule has 2 aromatic rings. The molecule has 1 aliphatic rings. The summed E-state index contributed by atoms with van der Waals surface area (Å²) in [6, 6.07) is 10.0. The number of piperazine rings is 1. The molecule has 32 heavy (non-hydrogen) atoms. The summed E-state index contributed by atoms with van der Waals surface area (Å²) >= 11 is 0.